The Balaban J connectivity index is 0.000000192. The summed E-state index contributed by atoms with van der Waals surface area (Å²) in [4.78, 5) is 30.2. The molecule has 0 saturated heterocycles. The molecule has 7 heteroatoms. The van der Waals surface area contributed by atoms with E-state index >= 15 is 0 Å². The van der Waals surface area contributed by atoms with Crippen molar-refractivity contribution in [3.8, 4) is 0 Å². The molecule has 0 fully saturated rings. The predicted molar refractivity (Wildman–Crippen MR) is 64.7 cm³/mol. The largest absolute Gasteiger partial charge is 0.481 e. The summed E-state index contributed by atoms with van der Waals surface area (Å²) in [7, 11) is 0. The first-order valence-corrected chi connectivity index (χ1v) is 5.40. The van der Waals surface area contributed by atoms with Gasteiger partial charge in [-0.3, -0.25) is 9.59 Å². The van der Waals surface area contributed by atoms with Crippen LogP contribution in [0.2, 0.25) is 0 Å². The Morgan fingerprint density at radius 2 is 1.89 bits per heavy atom. The Labute approximate surface area is 108 Å². The summed E-state index contributed by atoms with van der Waals surface area (Å²) in [5, 5.41) is 26.9. The van der Waals surface area contributed by atoms with E-state index in [0.717, 1.165) is 11.3 Å². The van der Waals surface area contributed by atoms with Crippen molar-refractivity contribution in [2.24, 2.45) is 0 Å². The number of carboxylic acids is 2. The molecule has 0 spiro atoms. The quantitative estimate of drug-likeness (QED) is 0.615. The van der Waals surface area contributed by atoms with Gasteiger partial charge in [0.2, 0.25) is 5.91 Å². The number of carbonyl (C=O) groups is 3. The normalized spacial score (nSPS) is 13.6. The topological polar surface area (TPSA) is 124 Å². The Morgan fingerprint density at radius 1 is 1.26 bits per heavy atom. The van der Waals surface area contributed by atoms with E-state index in [1.165, 1.54) is 0 Å². The van der Waals surface area contributed by atoms with Crippen molar-refractivity contribution in [1.82, 2.24) is 0 Å². The molecule has 1 unspecified atom stereocenters. The van der Waals surface area contributed by atoms with Crippen molar-refractivity contribution in [2.45, 2.75) is 18.9 Å². The third-order valence-corrected chi connectivity index (χ3v) is 2.30. The average Bonchev–Trinajstić information content (AvgIpc) is 2.68. The lowest BCUT2D eigenvalue weighted by atomic mass is 10.2. The Hall–Kier alpha value is -2.41. The zero-order valence-electron chi connectivity index (χ0n) is 9.87. The van der Waals surface area contributed by atoms with Gasteiger partial charge in [0, 0.05) is 5.69 Å². The molecule has 2 rings (SSSR count). The molecule has 1 aromatic carbocycles. The number of fused-ring (bicyclic) bond motifs is 1. The number of aliphatic carboxylic acids is 2. The summed E-state index contributed by atoms with van der Waals surface area (Å²) >= 11 is 0. The molecule has 1 aliphatic heterocycles. The molecule has 1 amide bonds. The second kappa shape index (κ2) is 6.50. The van der Waals surface area contributed by atoms with Crippen molar-refractivity contribution < 1.29 is 29.7 Å². The number of para-hydroxylation sites is 1. The molecule has 1 aliphatic rings. The first-order chi connectivity index (χ1) is 8.90. The number of aliphatic hydroxyl groups is 1. The molecule has 1 heterocycles. The number of hydrogen-bond donors (Lipinski definition) is 4. The monoisotopic (exact) mass is 267 g/mol. The highest BCUT2D eigenvalue weighted by molar-refractivity contribution is 5.98. The molecule has 102 valence electrons. The van der Waals surface area contributed by atoms with E-state index < -0.39 is 24.5 Å². The number of amides is 1. The number of anilines is 1. The van der Waals surface area contributed by atoms with Gasteiger partial charge in [0.25, 0.3) is 0 Å². The van der Waals surface area contributed by atoms with Gasteiger partial charge >= 0.3 is 11.9 Å². The first-order valence-electron chi connectivity index (χ1n) is 5.40. The third kappa shape index (κ3) is 4.76. The predicted octanol–water partition coefficient (Wildman–Crippen LogP) is 0.0878. The first kappa shape index (κ1) is 14.7. The SMILES string of the molecule is O=C(O)CC(O)C(=O)O.O=C1Cc2ccccc2N1. The molecule has 0 radical (unpaired) electrons. The standard InChI is InChI=1S/C8H7NO.C4H6O5/c10-8-5-6-3-1-2-4-7(6)9-8;5-2(4(8)9)1-3(6)7/h1-4H,5H2,(H,9,10);2,5H,1H2,(H,6,7)(H,8,9). The van der Waals surface area contributed by atoms with Crippen LogP contribution in [0.4, 0.5) is 5.69 Å². The van der Waals surface area contributed by atoms with Crippen LogP contribution in [0.25, 0.3) is 0 Å². The zero-order valence-corrected chi connectivity index (χ0v) is 9.87. The van der Waals surface area contributed by atoms with Crippen molar-refractivity contribution in [2.75, 3.05) is 5.32 Å². The molecule has 4 N–H and O–H groups in total. The van der Waals surface area contributed by atoms with E-state index in [1.807, 2.05) is 24.3 Å². The highest BCUT2D eigenvalue weighted by Gasteiger charge is 2.16. The lowest BCUT2D eigenvalue weighted by molar-refractivity contribution is -0.152. The minimum absolute atomic E-state index is 0.0983. The Kier molecular flexibility index (Phi) is 5.01. The maximum absolute atomic E-state index is 10.8. The minimum Gasteiger partial charge on any atom is -0.481 e. The van der Waals surface area contributed by atoms with Gasteiger partial charge in [-0.25, -0.2) is 4.79 Å². The van der Waals surface area contributed by atoms with Crippen LogP contribution < -0.4 is 5.32 Å². The molecule has 0 saturated carbocycles. The Morgan fingerprint density at radius 3 is 2.37 bits per heavy atom. The highest BCUT2D eigenvalue weighted by Crippen LogP contribution is 2.20. The summed E-state index contributed by atoms with van der Waals surface area (Å²) in [6.45, 7) is 0. The van der Waals surface area contributed by atoms with Gasteiger partial charge in [-0.2, -0.15) is 0 Å². The third-order valence-electron chi connectivity index (χ3n) is 2.30. The van der Waals surface area contributed by atoms with Gasteiger partial charge in [0.05, 0.1) is 12.8 Å². The molecule has 0 aromatic heterocycles. The van der Waals surface area contributed by atoms with Crippen molar-refractivity contribution in [3.05, 3.63) is 29.8 Å². The van der Waals surface area contributed by atoms with Crippen LogP contribution in [0.1, 0.15) is 12.0 Å². The van der Waals surface area contributed by atoms with Crippen LogP contribution in [-0.4, -0.2) is 39.3 Å². The molecule has 1 atom stereocenters. The van der Waals surface area contributed by atoms with Gasteiger partial charge < -0.3 is 20.6 Å². The fraction of sp³-hybridized carbons (Fsp3) is 0.250. The fourth-order valence-electron chi connectivity index (χ4n) is 1.42. The number of rotatable bonds is 3. The summed E-state index contributed by atoms with van der Waals surface area (Å²) in [6, 6.07) is 7.75. The van der Waals surface area contributed by atoms with Crippen molar-refractivity contribution >= 4 is 23.5 Å². The second-order valence-electron chi connectivity index (χ2n) is 3.83. The molecule has 0 aliphatic carbocycles. The number of hydrogen-bond acceptors (Lipinski definition) is 4. The maximum atomic E-state index is 10.8. The number of nitrogens with one attached hydrogen (secondary N) is 1. The van der Waals surface area contributed by atoms with Gasteiger partial charge in [0.15, 0.2) is 6.10 Å². The average molecular weight is 267 g/mol. The highest BCUT2D eigenvalue weighted by atomic mass is 16.4. The molecule has 19 heavy (non-hydrogen) atoms. The summed E-state index contributed by atoms with van der Waals surface area (Å²) in [6.07, 6.45) is -2.01. The van der Waals surface area contributed by atoms with Gasteiger partial charge in [-0.05, 0) is 11.6 Å². The number of aliphatic hydroxyl groups excluding tert-OH is 1. The molecule has 1 aromatic rings. The van der Waals surface area contributed by atoms with Gasteiger partial charge in [-0.15, -0.1) is 0 Å². The minimum atomic E-state index is -1.79. The molecular weight excluding hydrogens is 254 g/mol. The van der Waals surface area contributed by atoms with Crippen LogP contribution in [0.15, 0.2) is 24.3 Å². The van der Waals surface area contributed by atoms with Crippen molar-refractivity contribution in [1.29, 1.82) is 0 Å². The van der Waals surface area contributed by atoms with Crippen molar-refractivity contribution in [3.63, 3.8) is 0 Å². The van der Waals surface area contributed by atoms with E-state index in [1.54, 1.807) is 0 Å². The van der Waals surface area contributed by atoms with Crippen LogP contribution in [0.5, 0.6) is 0 Å². The lowest BCUT2D eigenvalue weighted by Gasteiger charge is -1.97. The maximum Gasteiger partial charge on any atom is 0.333 e. The van der Waals surface area contributed by atoms with Gasteiger partial charge in [0.1, 0.15) is 0 Å². The Bertz CT molecular complexity index is 472. The molecular formula is C12H13NO6. The van der Waals surface area contributed by atoms with E-state index in [-0.39, 0.29) is 5.91 Å². The van der Waals surface area contributed by atoms with Crippen LogP contribution in [0.3, 0.4) is 0 Å². The van der Waals surface area contributed by atoms with Gasteiger partial charge in [-0.1, -0.05) is 18.2 Å². The smallest absolute Gasteiger partial charge is 0.333 e. The second-order valence-corrected chi connectivity index (χ2v) is 3.83. The van der Waals surface area contributed by atoms with E-state index in [2.05, 4.69) is 5.32 Å². The molecule has 7 nitrogen and oxygen atoms in total. The summed E-state index contributed by atoms with van der Waals surface area (Å²) < 4.78 is 0. The van der Waals surface area contributed by atoms with E-state index in [0.29, 0.717) is 6.42 Å². The lowest BCUT2D eigenvalue weighted by Crippen LogP contribution is -2.22. The zero-order chi connectivity index (χ0) is 14.4. The summed E-state index contributed by atoms with van der Waals surface area (Å²) in [5.41, 5.74) is 2.07. The van der Waals surface area contributed by atoms with Crippen LogP contribution >= 0.6 is 0 Å². The van der Waals surface area contributed by atoms with E-state index in [9.17, 15) is 14.4 Å². The van der Waals surface area contributed by atoms with Crippen LogP contribution in [-0.2, 0) is 20.8 Å². The number of carbonyl (C=O) groups excluding carboxylic acids is 1. The number of benzene rings is 1. The van der Waals surface area contributed by atoms with E-state index in [4.69, 9.17) is 15.3 Å². The van der Waals surface area contributed by atoms with Crippen LogP contribution in [0, 0.1) is 0 Å². The summed E-state index contributed by atoms with van der Waals surface area (Å²) in [5.74, 6) is -2.75. The number of carboxylic acid groups (broad SMARTS) is 2. The fourth-order valence-corrected chi connectivity index (χ4v) is 1.42. The molecule has 0 bridgehead atoms.